The van der Waals surface area contributed by atoms with E-state index in [2.05, 4.69) is 241 Å². The number of furan rings is 2. The molecule has 0 amide bonds. The van der Waals surface area contributed by atoms with Gasteiger partial charge in [0.15, 0.2) is 0 Å². The average Bonchev–Trinajstić information content (AvgIpc) is 3.98. The van der Waals surface area contributed by atoms with Gasteiger partial charge in [-0.15, -0.1) is 0 Å². The quantitative estimate of drug-likeness (QED) is 0.150. The highest BCUT2D eigenvalue weighted by atomic mass is 16.3. The summed E-state index contributed by atoms with van der Waals surface area (Å²) < 4.78 is 13.7. The van der Waals surface area contributed by atoms with Gasteiger partial charge in [0.25, 0.3) is 0 Å². The number of hydrogen-bond donors (Lipinski definition) is 0. The van der Waals surface area contributed by atoms with Crippen LogP contribution in [0.2, 0.25) is 0 Å². The van der Waals surface area contributed by atoms with Gasteiger partial charge in [-0.05, 0) is 103 Å². The highest BCUT2D eigenvalue weighted by molar-refractivity contribution is 6.29. The Hall–Kier alpha value is -8.66. The average molecular weight is 830 g/mol. The summed E-state index contributed by atoms with van der Waals surface area (Å²) >= 11 is 0. The highest BCUT2D eigenvalue weighted by Gasteiger charge is 2.24. The molecule has 0 radical (unpaired) electrons. The molecule has 304 valence electrons. The number of nitrogens with zero attached hydrogens (tertiary/aromatic N) is 1. The number of fused-ring (bicyclic) bond motifs is 11. The molecule has 3 nitrogen and oxygen atoms in total. The monoisotopic (exact) mass is 829 g/mol. The van der Waals surface area contributed by atoms with Gasteiger partial charge in [-0.25, -0.2) is 0 Å². The lowest BCUT2D eigenvalue weighted by Gasteiger charge is -2.26. The van der Waals surface area contributed by atoms with Gasteiger partial charge in [0.1, 0.15) is 22.5 Å². The molecule has 13 rings (SSSR count). The van der Waals surface area contributed by atoms with E-state index in [1.165, 1.54) is 32.7 Å². The Bertz CT molecular complexity index is 3920. The second-order valence-corrected chi connectivity index (χ2v) is 16.8. The van der Waals surface area contributed by atoms with E-state index in [1.54, 1.807) is 0 Å². The van der Waals surface area contributed by atoms with Crippen molar-refractivity contribution in [2.24, 2.45) is 0 Å². The molecule has 0 fully saturated rings. The molecule has 0 aliphatic carbocycles. The summed E-state index contributed by atoms with van der Waals surface area (Å²) in [7, 11) is 0. The molecule has 0 bridgehead atoms. The van der Waals surface area contributed by atoms with Crippen LogP contribution in [0.15, 0.2) is 245 Å². The number of benzene rings is 11. The third kappa shape index (κ3) is 6.12. The molecular formula is C62H39NO2. The molecule has 65 heavy (non-hydrogen) atoms. The summed E-state index contributed by atoms with van der Waals surface area (Å²) in [6, 6.07) is 84.4. The van der Waals surface area contributed by atoms with E-state index >= 15 is 0 Å². The lowest BCUT2D eigenvalue weighted by molar-refractivity contribution is 0.636. The molecule has 11 aromatic carbocycles. The summed E-state index contributed by atoms with van der Waals surface area (Å²) in [5, 5.41) is 10.4. The van der Waals surface area contributed by atoms with Crippen LogP contribution in [-0.2, 0) is 0 Å². The van der Waals surface area contributed by atoms with Crippen molar-refractivity contribution in [3.63, 3.8) is 0 Å². The van der Waals surface area contributed by atoms with E-state index in [0.29, 0.717) is 0 Å². The first-order valence-electron chi connectivity index (χ1n) is 22.2. The van der Waals surface area contributed by atoms with Gasteiger partial charge in [0.05, 0.1) is 0 Å². The van der Waals surface area contributed by atoms with Crippen LogP contribution in [0.5, 0.6) is 0 Å². The summed E-state index contributed by atoms with van der Waals surface area (Å²) in [6.07, 6.45) is 0. The van der Waals surface area contributed by atoms with E-state index < -0.39 is 0 Å². The van der Waals surface area contributed by atoms with E-state index in [1.807, 2.05) is 0 Å². The van der Waals surface area contributed by atoms with Gasteiger partial charge < -0.3 is 13.7 Å². The van der Waals surface area contributed by atoms with Gasteiger partial charge in [-0.1, -0.05) is 182 Å². The molecule has 0 spiro atoms. The minimum atomic E-state index is 0.853. The predicted molar refractivity (Wildman–Crippen MR) is 272 cm³/mol. The minimum absolute atomic E-state index is 0.853. The van der Waals surface area contributed by atoms with Crippen LogP contribution in [0.4, 0.5) is 17.1 Å². The van der Waals surface area contributed by atoms with Crippen molar-refractivity contribution < 1.29 is 8.83 Å². The summed E-state index contributed by atoms with van der Waals surface area (Å²) in [4.78, 5) is 2.34. The Balaban J connectivity index is 1.01. The Morgan fingerprint density at radius 2 is 0.846 bits per heavy atom. The van der Waals surface area contributed by atoms with Gasteiger partial charge >= 0.3 is 0 Å². The Kier molecular flexibility index (Phi) is 8.53. The van der Waals surface area contributed by atoms with Crippen molar-refractivity contribution in [3.05, 3.63) is 237 Å². The topological polar surface area (TPSA) is 29.5 Å². The van der Waals surface area contributed by atoms with Crippen molar-refractivity contribution in [1.29, 1.82) is 0 Å². The predicted octanol–water partition coefficient (Wildman–Crippen LogP) is 17.9. The van der Waals surface area contributed by atoms with Crippen molar-refractivity contribution in [2.45, 2.75) is 0 Å². The van der Waals surface area contributed by atoms with E-state index in [-0.39, 0.29) is 0 Å². The van der Waals surface area contributed by atoms with Crippen LogP contribution in [0.1, 0.15) is 0 Å². The fourth-order valence-corrected chi connectivity index (χ4v) is 10.0. The summed E-state index contributed by atoms with van der Waals surface area (Å²) in [6.45, 7) is 0. The number of hydrogen-bond acceptors (Lipinski definition) is 3. The van der Waals surface area contributed by atoms with Crippen LogP contribution in [-0.4, -0.2) is 0 Å². The van der Waals surface area contributed by atoms with E-state index in [0.717, 1.165) is 94.3 Å². The molecule has 0 saturated carbocycles. The molecule has 0 N–H and O–H groups in total. The van der Waals surface area contributed by atoms with Crippen LogP contribution >= 0.6 is 0 Å². The first-order valence-corrected chi connectivity index (χ1v) is 22.2. The standard InChI is InChI=1S/C62H39NO2/c1-4-15-40(16-5-1)41-27-31-47(32-28-41)63(49-33-35-54-57(39-49)64-56-36-30-42-17-10-11-24-50(42)59(54)56)48-23-14-22-45(37-48)46-29-34-52-51-25-12-13-26-53(51)62-60(55(52)38-46)58(43-18-6-2-7-19-43)61(65-62)44-20-8-3-9-21-44/h1-39H. The van der Waals surface area contributed by atoms with Crippen molar-refractivity contribution in [1.82, 2.24) is 0 Å². The van der Waals surface area contributed by atoms with Gasteiger partial charge in [0, 0.05) is 55.8 Å². The minimum Gasteiger partial charge on any atom is -0.456 e. The molecule has 0 aliphatic heterocycles. The second kappa shape index (κ2) is 15.0. The second-order valence-electron chi connectivity index (χ2n) is 16.8. The normalized spacial score (nSPS) is 11.7. The van der Waals surface area contributed by atoms with Crippen molar-refractivity contribution in [3.8, 4) is 44.7 Å². The maximum Gasteiger partial charge on any atom is 0.143 e. The van der Waals surface area contributed by atoms with E-state index in [9.17, 15) is 0 Å². The third-order valence-corrected chi connectivity index (χ3v) is 13.0. The van der Waals surface area contributed by atoms with Crippen LogP contribution < -0.4 is 4.90 Å². The first-order chi connectivity index (χ1) is 32.2. The third-order valence-electron chi connectivity index (χ3n) is 13.0. The van der Waals surface area contributed by atoms with Crippen LogP contribution in [0, 0.1) is 0 Å². The Morgan fingerprint density at radius 3 is 1.63 bits per heavy atom. The van der Waals surface area contributed by atoms with Gasteiger partial charge in [-0.2, -0.15) is 0 Å². The zero-order valence-corrected chi connectivity index (χ0v) is 35.3. The zero-order valence-electron chi connectivity index (χ0n) is 35.3. The van der Waals surface area contributed by atoms with Crippen molar-refractivity contribution in [2.75, 3.05) is 4.90 Å². The Labute approximate surface area is 375 Å². The number of anilines is 3. The lowest BCUT2D eigenvalue weighted by atomic mass is 9.90. The number of rotatable bonds is 7. The van der Waals surface area contributed by atoms with Crippen LogP contribution in [0.25, 0.3) is 110 Å². The zero-order chi connectivity index (χ0) is 42.8. The molecule has 0 atom stereocenters. The molecule has 3 heteroatoms. The SMILES string of the molecule is c1ccc(-c2ccc(N(c3cccc(-c4ccc5c6ccccc6c6oc(-c7ccccc7)c(-c7ccccc7)c6c5c4)c3)c3ccc4c(c3)oc3ccc5ccccc5c34)cc2)cc1. The summed E-state index contributed by atoms with van der Waals surface area (Å²) in [5.41, 5.74) is 13.6. The highest BCUT2D eigenvalue weighted by Crippen LogP contribution is 2.48. The van der Waals surface area contributed by atoms with Crippen molar-refractivity contribution >= 4 is 82.3 Å². The molecule has 0 saturated heterocycles. The molecule has 0 unspecified atom stereocenters. The fourth-order valence-electron chi connectivity index (χ4n) is 10.0. The smallest absolute Gasteiger partial charge is 0.143 e. The molecule has 2 heterocycles. The lowest BCUT2D eigenvalue weighted by Crippen LogP contribution is -2.10. The van der Waals surface area contributed by atoms with Gasteiger partial charge in [-0.3, -0.25) is 0 Å². The van der Waals surface area contributed by atoms with Crippen LogP contribution in [0.3, 0.4) is 0 Å². The maximum atomic E-state index is 7.05. The first kappa shape index (κ1) is 36.9. The largest absolute Gasteiger partial charge is 0.456 e. The molecule has 0 aliphatic rings. The molecular weight excluding hydrogens is 791 g/mol. The maximum absolute atomic E-state index is 7.05. The Morgan fingerprint density at radius 1 is 0.277 bits per heavy atom. The van der Waals surface area contributed by atoms with E-state index in [4.69, 9.17) is 8.83 Å². The van der Waals surface area contributed by atoms with Gasteiger partial charge in [0.2, 0.25) is 0 Å². The summed E-state index contributed by atoms with van der Waals surface area (Å²) in [5.74, 6) is 0.875. The molecule has 2 aromatic heterocycles. The molecule has 13 aromatic rings. The fraction of sp³-hybridized carbons (Fsp3) is 0.